The molecule has 0 aromatic heterocycles. The third-order valence-corrected chi connectivity index (χ3v) is 3.56. The molecular formula is C11H21BO2. The lowest BCUT2D eigenvalue weighted by molar-refractivity contribution is -0.0416. The average Bonchev–Trinajstić information content (AvgIpc) is 2.40. The highest BCUT2D eigenvalue weighted by Gasteiger charge is 2.48. The second kappa shape index (κ2) is 4.67. The number of methoxy groups -OCH3 is 1. The van der Waals surface area contributed by atoms with Gasteiger partial charge in [0.1, 0.15) is 7.85 Å². The third kappa shape index (κ3) is 1.85. The van der Waals surface area contributed by atoms with Gasteiger partial charge in [-0.25, -0.2) is 0 Å². The molecule has 4 atom stereocenters. The first kappa shape index (κ1) is 12.1. The van der Waals surface area contributed by atoms with Crippen LogP contribution in [0.15, 0.2) is 0 Å². The Morgan fingerprint density at radius 3 is 2.43 bits per heavy atom. The van der Waals surface area contributed by atoms with E-state index in [1.807, 2.05) is 0 Å². The highest BCUT2D eigenvalue weighted by atomic mass is 16.6. The largest absolute Gasteiger partial charge is 0.379 e. The van der Waals surface area contributed by atoms with Gasteiger partial charge in [-0.3, -0.25) is 0 Å². The van der Waals surface area contributed by atoms with Crippen molar-refractivity contribution in [3.05, 3.63) is 0 Å². The van der Waals surface area contributed by atoms with Crippen LogP contribution in [0.2, 0.25) is 0 Å². The normalized spacial score (nSPS) is 43.0. The van der Waals surface area contributed by atoms with Crippen LogP contribution in [0.5, 0.6) is 0 Å². The Labute approximate surface area is 88.8 Å². The molecule has 3 unspecified atom stereocenters. The minimum Gasteiger partial charge on any atom is -0.379 e. The molecule has 1 saturated heterocycles. The van der Waals surface area contributed by atoms with Gasteiger partial charge in [0, 0.05) is 19.0 Å². The predicted molar refractivity (Wildman–Crippen MR) is 58.5 cm³/mol. The lowest BCUT2D eigenvalue weighted by Crippen LogP contribution is -2.36. The van der Waals surface area contributed by atoms with Crippen molar-refractivity contribution in [3.8, 4) is 0 Å². The molecule has 0 spiro atoms. The first-order valence-corrected chi connectivity index (χ1v) is 5.57. The summed E-state index contributed by atoms with van der Waals surface area (Å²) in [7, 11) is 7.62. The van der Waals surface area contributed by atoms with Crippen LogP contribution in [0.1, 0.15) is 40.0 Å². The van der Waals surface area contributed by atoms with Crippen LogP contribution in [-0.2, 0) is 9.47 Å². The van der Waals surface area contributed by atoms with E-state index in [9.17, 15) is 0 Å². The van der Waals surface area contributed by atoms with E-state index in [2.05, 4.69) is 20.8 Å². The van der Waals surface area contributed by atoms with Gasteiger partial charge in [-0.15, -0.1) is 0 Å². The first-order valence-electron chi connectivity index (χ1n) is 5.57. The predicted octanol–water partition coefficient (Wildman–Crippen LogP) is 2.11. The van der Waals surface area contributed by atoms with Gasteiger partial charge >= 0.3 is 0 Å². The van der Waals surface area contributed by atoms with E-state index in [-0.39, 0.29) is 17.7 Å². The molecule has 80 valence electrons. The van der Waals surface area contributed by atoms with E-state index in [1.54, 1.807) is 7.11 Å². The molecule has 2 radical (unpaired) electrons. The van der Waals surface area contributed by atoms with Crippen LogP contribution in [0, 0.1) is 5.92 Å². The van der Waals surface area contributed by atoms with Crippen molar-refractivity contribution in [1.29, 1.82) is 0 Å². The van der Waals surface area contributed by atoms with E-state index in [4.69, 9.17) is 17.3 Å². The summed E-state index contributed by atoms with van der Waals surface area (Å²) >= 11 is 0. The smallest absolute Gasteiger partial charge is 0.112 e. The highest BCUT2D eigenvalue weighted by molar-refractivity contribution is 6.11. The van der Waals surface area contributed by atoms with Crippen molar-refractivity contribution < 1.29 is 9.47 Å². The Kier molecular flexibility index (Phi) is 4.02. The zero-order valence-corrected chi connectivity index (χ0v) is 9.75. The van der Waals surface area contributed by atoms with E-state index in [0.717, 1.165) is 19.3 Å². The molecule has 1 aliphatic heterocycles. The molecule has 1 aliphatic rings. The molecule has 0 bridgehead atoms. The van der Waals surface area contributed by atoms with Crippen molar-refractivity contribution in [1.82, 2.24) is 0 Å². The molecule has 14 heavy (non-hydrogen) atoms. The van der Waals surface area contributed by atoms with Gasteiger partial charge in [-0.1, -0.05) is 27.2 Å². The van der Waals surface area contributed by atoms with Crippen molar-refractivity contribution in [2.75, 3.05) is 7.11 Å². The Hall–Kier alpha value is -0.0151. The summed E-state index contributed by atoms with van der Waals surface area (Å²) in [4.78, 5) is 0. The molecule has 0 aliphatic carbocycles. The number of hydrogen-bond donors (Lipinski definition) is 0. The highest BCUT2D eigenvalue weighted by Crippen LogP contribution is 2.42. The molecular weight excluding hydrogens is 175 g/mol. The maximum Gasteiger partial charge on any atom is 0.112 e. The van der Waals surface area contributed by atoms with Crippen LogP contribution < -0.4 is 0 Å². The van der Waals surface area contributed by atoms with Gasteiger partial charge in [-0.2, -0.15) is 0 Å². The number of ether oxygens (including phenoxy) is 2. The Morgan fingerprint density at radius 2 is 2.07 bits per heavy atom. The maximum atomic E-state index is 5.91. The van der Waals surface area contributed by atoms with Crippen LogP contribution >= 0.6 is 0 Å². The Bertz CT molecular complexity index is 186. The first-order chi connectivity index (χ1) is 6.61. The molecule has 0 N–H and O–H groups in total. The van der Waals surface area contributed by atoms with Crippen LogP contribution in [0.3, 0.4) is 0 Å². The SMILES string of the molecule is [B]C1O[C@](CC)(CCC)C(C)C1OC. The van der Waals surface area contributed by atoms with E-state index >= 15 is 0 Å². The fraction of sp³-hybridized carbons (Fsp3) is 1.00. The number of rotatable bonds is 4. The van der Waals surface area contributed by atoms with Gasteiger partial charge in [-0.05, 0) is 12.8 Å². The van der Waals surface area contributed by atoms with Crippen LogP contribution in [0.25, 0.3) is 0 Å². The quantitative estimate of drug-likeness (QED) is 0.641. The summed E-state index contributed by atoms with van der Waals surface area (Å²) in [6, 6.07) is -0.263. The summed E-state index contributed by atoms with van der Waals surface area (Å²) in [5.74, 6) is 0.382. The third-order valence-electron chi connectivity index (χ3n) is 3.56. The van der Waals surface area contributed by atoms with E-state index in [1.165, 1.54) is 0 Å². The summed E-state index contributed by atoms with van der Waals surface area (Å²) < 4.78 is 11.3. The second-order valence-electron chi connectivity index (χ2n) is 4.24. The maximum absolute atomic E-state index is 5.91. The van der Waals surface area contributed by atoms with E-state index < -0.39 is 0 Å². The molecule has 0 aromatic rings. The van der Waals surface area contributed by atoms with Gasteiger partial charge in [0.15, 0.2) is 0 Å². The zero-order valence-electron chi connectivity index (χ0n) is 9.75. The van der Waals surface area contributed by atoms with Gasteiger partial charge in [0.2, 0.25) is 0 Å². The van der Waals surface area contributed by atoms with Crippen molar-refractivity contribution in [2.24, 2.45) is 5.92 Å². The Morgan fingerprint density at radius 1 is 1.43 bits per heavy atom. The molecule has 0 saturated carbocycles. The van der Waals surface area contributed by atoms with Gasteiger partial charge in [0.05, 0.1) is 11.7 Å². The standard InChI is InChI=1S/C11H21BO2/c1-5-7-11(6-2)8(3)9(13-4)10(12)14-11/h8-10H,5-7H2,1-4H3/t8?,9?,10?,11-/m1/s1. The minimum absolute atomic E-state index is 0.0431. The molecule has 1 heterocycles. The van der Waals surface area contributed by atoms with Crippen LogP contribution in [0.4, 0.5) is 0 Å². The molecule has 0 amide bonds. The summed E-state index contributed by atoms with van der Waals surface area (Å²) in [5, 5.41) is 0. The fourth-order valence-electron chi connectivity index (χ4n) is 2.66. The van der Waals surface area contributed by atoms with Crippen molar-refractivity contribution in [3.63, 3.8) is 0 Å². The summed E-state index contributed by atoms with van der Waals surface area (Å²) in [6.45, 7) is 6.52. The molecule has 1 fully saturated rings. The minimum atomic E-state index is -0.263. The Balaban J connectivity index is 2.79. The topological polar surface area (TPSA) is 18.5 Å². The zero-order chi connectivity index (χ0) is 10.8. The number of hydrogen-bond acceptors (Lipinski definition) is 2. The van der Waals surface area contributed by atoms with E-state index in [0.29, 0.717) is 5.92 Å². The van der Waals surface area contributed by atoms with Crippen molar-refractivity contribution >= 4 is 7.85 Å². The van der Waals surface area contributed by atoms with Gasteiger partial charge < -0.3 is 9.47 Å². The molecule has 1 rings (SSSR count). The van der Waals surface area contributed by atoms with Gasteiger partial charge in [0.25, 0.3) is 0 Å². The fourth-order valence-corrected chi connectivity index (χ4v) is 2.66. The molecule has 2 nitrogen and oxygen atoms in total. The van der Waals surface area contributed by atoms with Crippen molar-refractivity contribution in [2.45, 2.75) is 57.7 Å². The lowest BCUT2D eigenvalue weighted by Gasteiger charge is -2.32. The molecule has 3 heteroatoms. The summed E-state index contributed by atoms with van der Waals surface area (Å²) in [5.41, 5.74) is -0.0607. The average molecular weight is 196 g/mol. The second-order valence-corrected chi connectivity index (χ2v) is 4.24. The summed E-state index contributed by atoms with van der Waals surface area (Å²) in [6.07, 6.45) is 3.25. The lowest BCUT2D eigenvalue weighted by atomic mass is 9.79. The monoisotopic (exact) mass is 196 g/mol. The van der Waals surface area contributed by atoms with Crippen LogP contribution in [-0.4, -0.2) is 32.7 Å². The molecule has 0 aromatic carbocycles.